The predicted octanol–water partition coefficient (Wildman–Crippen LogP) is 6.23. The standard InChI is InChI=1S/C30H30F2N2O4/c1-4-17-38-23-14-9-20(10-15-23)28(35)26-27(19-7-12-22(13-8-19)33(5-2)6-3)34(30(37)29(26)36)25-18-21(31)11-16-24(25)32/h7-16,18,27,35H,4-6,17H2,1-3H3/b28-26+. The van der Waals surface area contributed by atoms with E-state index in [1.807, 2.05) is 32.9 Å². The Kier molecular flexibility index (Phi) is 8.10. The van der Waals surface area contributed by atoms with Crippen LogP contribution >= 0.6 is 0 Å². The first-order valence-corrected chi connectivity index (χ1v) is 12.6. The van der Waals surface area contributed by atoms with Gasteiger partial charge in [-0.05, 0) is 74.4 Å². The highest BCUT2D eigenvalue weighted by molar-refractivity contribution is 6.51. The van der Waals surface area contributed by atoms with Crippen LogP contribution in [0.4, 0.5) is 20.2 Å². The molecule has 1 unspecified atom stereocenters. The molecule has 1 aliphatic rings. The second-order valence-electron chi connectivity index (χ2n) is 8.90. The first-order valence-electron chi connectivity index (χ1n) is 12.6. The topological polar surface area (TPSA) is 70.1 Å². The van der Waals surface area contributed by atoms with Crippen molar-refractivity contribution in [3.8, 4) is 5.75 Å². The van der Waals surface area contributed by atoms with Crippen LogP contribution in [0, 0.1) is 11.6 Å². The summed E-state index contributed by atoms with van der Waals surface area (Å²) in [6.45, 7) is 8.12. The molecule has 0 saturated carbocycles. The average Bonchev–Trinajstić information content (AvgIpc) is 3.19. The second-order valence-corrected chi connectivity index (χ2v) is 8.90. The number of ether oxygens (including phenoxy) is 1. The number of aliphatic hydroxyl groups excluding tert-OH is 1. The number of halogens is 2. The molecule has 1 amide bonds. The van der Waals surface area contributed by atoms with E-state index in [9.17, 15) is 23.5 Å². The highest BCUT2D eigenvalue weighted by Gasteiger charge is 2.47. The maximum absolute atomic E-state index is 14.9. The van der Waals surface area contributed by atoms with Crippen LogP contribution in [0.15, 0.2) is 72.3 Å². The van der Waals surface area contributed by atoms with Gasteiger partial charge in [0.1, 0.15) is 23.1 Å². The zero-order valence-corrected chi connectivity index (χ0v) is 21.6. The summed E-state index contributed by atoms with van der Waals surface area (Å²) >= 11 is 0. The van der Waals surface area contributed by atoms with E-state index in [2.05, 4.69) is 4.90 Å². The lowest BCUT2D eigenvalue weighted by atomic mass is 9.94. The third kappa shape index (κ3) is 5.11. The number of benzene rings is 3. The summed E-state index contributed by atoms with van der Waals surface area (Å²) in [6, 6.07) is 15.1. The summed E-state index contributed by atoms with van der Waals surface area (Å²) in [5.74, 6) is -3.50. The first-order chi connectivity index (χ1) is 18.3. The van der Waals surface area contributed by atoms with E-state index < -0.39 is 35.1 Å². The summed E-state index contributed by atoms with van der Waals surface area (Å²) in [6.07, 6.45) is 0.828. The average molecular weight is 521 g/mol. The van der Waals surface area contributed by atoms with Gasteiger partial charge >= 0.3 is 0 Å². The smallest absolute Gasteiger partial charge is 0.300 e. The monoisotopic (exact) mass is 520 g/mol. The molecule has 6 nitrogen and oxygen atoms in total. The minimum absolute atomic E-state index is 0.212. The maximum atomic E-state index is 14.9. The van der Waals surface area contributed by atoms with Gasteiger partial charge in [0.25, 0.3) is 11.7 Å². The van der Waals surface area contributed by atoms with Crippen molar-refractivity contribution in [1.29, 1.82) is 0 Å². The zero-order valence-electron chi connectivity index (χ0n) is 21.6. The van der Waals surface area contributed by atoms with Crippen molar-refractivity contribution in [1.82, 2.24) is 0 Å². The number of rotatable bonds is 9. The number of anilines is 2. The number of carbonyl (C=O) groups is 2. The molecule has 1 saturated heterocycles. The van der Waals surface area contributed by atoms with Crippen molar-refractivity contribution in [2.75, 3.05) is 29.5 Å². The summed E-state index contributed by atoms with van der Waals surface area (Å²) in [5, 5.41) is 11.3. The Hall–Kier alpha value is -4.20. The Bertz CT molecular complexity index is 1350. The molecular formula is C30H30F2N2O4. The summed E-state index contributed by atoms with van der Waals surface area (Å²) in [7, 11) is 0. The molecule has 0 aromatic heterocycles. The number of aliphatic hydroxyl groups is 1. The number of hydrogen-bond acceptors (Lipinski definition) is 5. The molecule has 0 bridgehead atoms. The summed E-state index contributed by atoms with van der Waals surface area (Å²) < 4.78 is 34.6. The van der Waals surface area contributed by atoms with Crippen LogP contribution in [0.3, 0.4) is 0 Å². The molecule has 1 atom stereocenters. The van der Waals surface area contributed by atoms with Crippen LogP contribution in [0.25, 0.3) is 5.76 Å². The van der Waals surface area contributed by atoms with E-state index in [-0.39, 0.29) is 16.8 Å². The van der Waals surface area contributed by atoms with Gasteiger partial charge in [-0.25, -0.2) is 8.78 Å². The van der Waals surface area contributed by atoms with Gasteiger partial charge in [0.2, 0.25) is 0 Å². The molecule has 0 radical (unpaired) electrons. The number of carbonyl (C=O) groups excluding carboxylic acids is 2. The molecule has 1 heterocycles. The first kappa shape index (κ1) is 26.9. The summed E-state index contributed by atoms with van der Waals surface area (Å²) in [4.78, 5) is 29.6. The molecule has 1 N–H and O–H groups in total. The molecule has 3 aromatic carbocycles. The van der Waals surface area contributed by atoms with Crippen LogP contribution in [-0.2, 0) is 9.59 Å². The lowest BCUT2D eigenvalue weighted by molar-refractivity contribution is -0.132. The quantitative estimate of drug-likeness (QED) is 0.206. The van der Waals surface area contributed by atoms with Gasteiger partial charge in [-0.15, -0.1) is 0 Å². The Labute approximate surface area is 220 Å². The Morgan fingerprint density at radius 3 is 2.21 bits per heavy atom. The highest BCUT2D eigenvalue weighted by Crippen LogP contribution is 2.43. The van der Waals surface area contributed by atoms with Gasteiger partial charge in [0.05, 0.1) is 23.9 Å². The highest BCUT2D eigenvalue weighted by atomic mass is 19.1. The van der Waals surface area contributed by atoms with Gasteiger partial charge in [-0.2, -0.15) is 0 Å². The minimum Gasteiger partial charge on any atom is -0.507 e. The third-order valence-corrected chi connectivity index (χ3v) is 6.55. The number of Topliss-reactive ketones (excluding diaryl/α,β-unsaturated/α-hetero) is 1. The second kappa shape index (κ2) is 11.5. The summed E-state index contributed by atoms with van der Waals surface area (Å²) in [5.41, 5.74) is 1.09. The molecular weight excluding hydrogens is 490 g/mol. The van der Waals surface area contributed by atoms with E-state index in [1.54, 1.807) is 36.4 Å². The van der Waals surface area contributed by atoms with Gasteiger partial charge < -0.3 is 14.7 Å². The van der Waals surface area contributed by atoms with Crippen molar-refractivity contribution < 1.29 is 28.2 Å². The lowest BCUT2D eigenvalue weighted by Crippen LogP contribution is -2.30. The van der Waals surface area contributed by atoms with Gasteiger partial charge in [0.15, 0.2) is 0 Å². The van der Waals surface area contributed by atoms with E-state index >= 15 is 0 Å². The normalized spacial score (nSPS) is 16.7. The van der Waals surface area contributed by atoms with Crippen molar-refractivity contribution in [2.24, 2.45) is 0 Å². The van der Waals surface area contributed by atoms with Crippen LogP contribution < -0.4 is 14.5 Å². The van der Waals surface area contributed by atoms with Gasteiger partial charge in [0, 0.05) is 30.4 Å². The SMILES string of the molecule is CCCOc1ccc(/C(O)=C2\C(=O)C(=O)N(c3cc(F)ccc3F)C2c2ccc(N(CC)CC)cc2)cc1. The Balaban J connectivity index is 1.87. The van der Waals surface area contributed by atoms with E-state index in [1.165, 1.54) is 0 Å². The van der Waals surface area contributed by atoms with Crippen molar-refractivity contribution >= 4 is 28.8 Å². The predicted molar refractivity (Wildman–Crippen MR) is 143 cm³/mol. The van der Waals surface area contributed by atoms with Gasteiger partial charge in [-0.3, -0.25) is 14.5 Å². The van der Waals surface area contributed by atoms with Crippen molar-refractivity contribution in [3.63, 3.8) is 0 Å². The number of amides is 1. The van der Waals surface area contributed by atoms with E-state index in [0.29, 0.717) is 17.9 Å². The van der Waals surface area contributed by atoms with Crippen LogP contribution in [0.5, 0.6) is 5.75 Å². The molecule has 198 valence electrons. The molecule has 1 aliphatic heterocycles. The van der Waals surface area contributed by atoms with Crippen molar-refractivity contribution in [3.05, 3.63) is 95.1 Å². The van der Waals surface area contributed by atoms with Crippen LogP contribution in [0.2, 0.25) is 0 Å². The van der Waals surface area contributed by atoms with Crippen molar-refractivity contribution in [2.45, 2.75) is 33.2 Å². The fourth-order valence-electron chi connectivity index (χ4n) is 4.61. The molecule has 3 aromatic rings. The van der Waals surface area contributed by atoms with E-state index in [0.717, 1.165) is 48.3 Å². The molecule has 1 fully saturated rings. The number of nitrogens with zero attached hydrogens (tertiary/aromatic N) is 2. The van der Waals surface area contributed by atoms with Crippen LogP contribution in [0.1, 0.15) is 44.4 Å². The maximum Gasteiger partial charge on any atom is 0.300 e. The fourth-order valence-corrected chi connectivity index (χ4v) is 4.61. The number of ketones is 1. The third-order valence-electron chi connectivity index (χ3n) is 6.55. The molecule has 38 heavy (non-hydrogen) atoms. The van der Waals surface area contributed by atoms with Gasteiger partial charge in [-0.1, -0.05) is 19.1 Å². The molecule has 0 spiro atoms. The largest absolute Gasteiger partial charge is 0.507 e. The molecule has 0 aliphatic carbocycles. The Morgan fingerprint density at radius 1 is 0.947 bits per heavy atom. The minimum atomic E-state index is -1.17. The lowest BCUT2D eigenvalue weighted by Gasteiger charge is -2.27. The van der Waals surface area contributed by atoms with E-state index in [4.69, 9.17) is 4.74 Å². The zero-order chi connectivity index (χ0) is 27.4. The molecule has 8 heteroatoms. The molecule has 4 rings (SSSR count). The number of hydrogen-bond donors (Lipinski definition) is 1. The van der Waals surface area contributed by atoms with Crippen LogP contribution in [-0.4, -0.2) is 36.5 Å². The Morgan fingerprint density at radius 2 is 1.61 bits per heavy atom. The fraction of sp³-hybridized carbons (Fsp3) is 0.267.